The number of H-pyrrole nitrogens is 1. The second-order valence-electron chi connectivity index (χ2n) is 5.24. The minimum atomic E-state index is -0.521. The van der Waals surface area contributed by atoms with Crippen molar-refractivity contribution >= 4 is 45.9 Å². The molecule has 4 nitrogen and oxygen atoms in total. The number of Topliss-reactive ketones (excluding diaryl/α,β-unsaturated/α-hetero) is 1. The summed E-state index contributed by atoms with van der Waals surface area (Å²) in [6.07, 6.45) is 1.61. The standard InChI is InChI=1S/C18H13Cl2NO3/c19-12-6-5-11(15(20)8-12)7-18(23)24-10-17(22)14-9-21-16-4-2-1-3-13(14)16/h1-6,8-9,21H,7,10H2. The minimum absolute atomic E-state index is 0.0167. The summed E-state index contributed by atoms with van der Waals surface area (Å²) in [4.78, 5) is 27.2. The van der Waals surface area contributed by atoms with E-state index in [0.29, 0.717) is 21.2 Å². The molecule has 24 heavy (non-hydrogen) atoms. The van der Waals surface area contributed by atoms with Crippen molar-refractivity contribution in [2.24, 2.45) is 0 Å². The molecule has 0 saturated heterocycles. The van der Waals surface area contributed by atoms with E-state index in [4.69, 9.17) is 27.9 Å². The first-order valence-electron chi connectivity index (χ1n) is 7.23. The van der Waals surface area contributed by atoms with Crippen LogP contribution in [0, 0.1) is 0 Å². The van der Waals surface area contributed by atoms with Crippen molar-refractivity contribution in [3.63, 3.8) is 0 Å². The fourth-order valence-electron chi connectivity index (χ4n) is 2.40. The van der Waals surface area contributed by atoms with Gasteiger partial charge in [0.2, 0.25) is 5.78 Å². The SMILES string of the molecule is O=C(Cc1ccc(Cl)cc1Cl)OCC(=O)c1c[nH]c2ccccc12. The summed E-state index contributed by atoms with van der Waals surface area (Å²) >= 11 is 11.8. The monoisotopic (exact) mass is 361 g/mol. The first-order valence-corrected chi connectivity index (χ1v) is 7.99. The fraction of sp³-hybridized carbons (Fsp3) is 0.111. The molecule has 1 aromatic heterocycles. The highest BCUT2D eigenvalue weighted by Gasteiger charge is 2.15. The summed E-state index contributed by atoms with van der Waals surface area (Å²) in [7, 11) is 0. The van der Waals surface area contributed by atoms with Crippen molar-refractivity contribution < 1.29 is 14.3 Å². The lowest BCUT2D eigenvalue weighted by Gasteiger charge is -2.06. The predicted octanol–water partition coefficient (Wildman–Crippen LogP) is 4.44. The summed E-state index contributed by atoms with van der Waals surface area (Å²) in [6.45, 7) is -0.314. The van der Waals surface area contributed by atoms with E-state index >= 15 is 0 Å². The van der Waals surface area contributed by atoms with Gasteiger partial charge in [0.25, 0.3) is 0 Å². The molecular weight excluding hydrogens is 349 g/mol. The Kier molecular flexibility index (Phi) is 4.88. The van der Waals surface area contributed by atoms with Crippen molar-refractivity contribution in [3.05, 3.63) is 69.8 Å². The van der Waals surface area contributed by atoms with Crippen LogP contribution in [0.3, 0.4) is 0 Å². The van der Waals surface area contributed by atoms with Gasteiger partial charge < -0.3 is 9.72 Å². The number of carbonyl (C=O) groups excluding carboxylic acids is 2. The summed E-state index contributed by atoms with van der Waals surface area (Å²) in [5, 5.41) is 1.69. The molecule has 2 aromatic carbocycles. The van der Waals surface area contributed by atoms with Gasteiger partial charge in [-0.3, -0.25) is 9.59 Å². The molecule has 0 amide bonds. The number of rotatable bonds is 5. The lowest BCUT2D eigenvalue weighted by Crippen LogP contribution is -2.15. The van der Waals surface area contributed by atoms with Gasteiger partial charge in [0.1, 0.15) is 0 Å². The minimum Gasteiger partial charge on any atom is -0.457 e. The zero-order valence-electron chi connectivity index (χ0n) is 12.5. The maximum Gasteiger partial charge on any atom is 0.310 e. The third kappa shape index (κ3) is 3.61. The number of aromatic nitrogens is 1. The zero-order valence-corrected chi connectivity index (χ0v) is 14.0. The molecular formula is C18H13Cl2NO3. The van der Waals surface area contributed by atoms with Gasteiger partial charge >= 0.3 is 5.97 Å². The van der Waals surface area contributed by atoms with E-state index < -0.39 is 5.97 Å². The van der Waals surface area contributed by atoms with Crippen molar-refractivity contribution in [3.8, 4) is 0 Å². The van der Waals surface area contributed by atoms with Gasteiger partial charge in [-0.15, -0.1) is 0 Å². The van der Waals surface area contributed by atoms with Gasteiger partial charge in [-0.1, -0.05) is 47.5 Å². The van der Waals surface area contributed by atoms with Gasteiger partial charge in [-0.25, -0.2) is 0 Å². The average Bonchev–Trinajstić information content (AvgIpc) is 2.99. The van der Waals surface area contributed by atoms with E-state index in [1.54, 1.807) is 24.4 Å². The molecule has 0 atom stereocenters. The molecule has 0 aliphatic carbocycles. The van der Waals surface area contributed by atoms with Gasteiger partial charge in [0.15, 0.2) is 6.61 Å². The summed E-state index contributed by atoms with van der Waals surface area (Å²) in [5.74, 6) is -0.782. The van der Waals surface area contributed by atoms with Crippen LogP contribution in [0.15, 0.2) is 48.7 Å². The Balaban J connectivity index is 1.62. The van der Waals surface area contributed by atoms with Crippen LogP contribution in [0.2, 0.25) is 10.0 Å². The number of carbonyl (C=O) groups is 2. The van der Waals surface area contributed by atoms with E-state index in [9.17, 15) is 9.59 Å². The number of nitrogens with one attached hydrogen (secondary N) is 1. The normalized spacial score (nSPS) is 10.8. The zero-order chi connectivity index (χ0) is 17.1. The van der Waals surface area contributed by atoms with Crippen LogP contribution in [0.4, 0.5) is 0 Å². The van der Waals surface area contributed by atoms with Gasteiger partial charge in [-0.2, -0.15) is 0 Å². The Hall–Kier alpha value is -2.30. The number of aromatic amines is 1. The van der Waals surface area contributed by atoms with E-state index in [2.05, 4.69) is 4.98 Å². The van der Waals surface area contributed by atoms with Crippen LogP contribution < -0.4 is 0 Å². The maximum absolute atomic E-state index is 12.2. The van der Waals surface area contributed by atoms with E-state index in [1.807, 2.05) is 24.3 Å². The summed E-state index contributed by atoms with van der Waals surface area (Å²) < 4.78 is 5.07. The number of benzene rings is 2. The quantitative estimate of drug-likeness (QED) is 0.539. The number of ketones is 1. The molecule has 3 rings (SSSR count). The lowest BCUT2D eigenvalue weighted by atomic mass is 10.1. The topological polar surface area (TPSA) is 59.2 Å². The molecule has 0 spiro atoms. The molecule has 6 heteroatoms. The van der Waals surface area contributed by atoms with Crippen LogP contribution in [0.25, 0.3) is 10.9 Å². The highest BCUT2D eigenvalue weighted by molar-refractivity contribution is 6.35. The van der Waals surface area contributed by atoms with Gasteiger partial charge in [0, 0.05) is 32.7 Å². The Labute approximate surface area is 148 Å². The molecule has 122 valence electrons. The average molecular weight is 362 g/mol. The molecule has 3 aromatic rings. The van der Waals surface area contributed by atoms with Crippen LogP contribution >= 0.6 is 23.2 Å². The third-order valence-electron chi connectivity index (χ3n) is 3.60. The highest BCUT2D eigenvalue weighted by Crippen LogP contribution is 2.22. The third-order valence-corrected chi connectivity index (χ3v) is 4.19. The largest absolute Gasteiger partial charge is 0.457 e. The van der Waals surface area contributed by atoms with Crippen molar-refractivity contribution in [2.75, 3.05) is 6.61 Å². The lowest BCUT2D eigenvalue weighted by molar-refractivity contribution is -0.141. The van der Waals surface area contributed by atoms with Crippen molar-refractivity contribution in [1.82, 2.24) is 4.98 Å². The summed E-state index contributed by atoms with van der Waals surface area (Å²) in [6, 6.07) is 12.3. The molecule has 0 saturated carbocycles. The molecule has 1 heterocycles. The molecule has 0 unspecified atom stereocenters. The Morgan fingerprint density at radius 2 is 1.88 bits per heavy atom. The van der Waals surface area contributed by atoms with Crippen LogP contribution in [0.1, 0.15) is 15.9 Å². The fourth-order valence-corrected chi connectivity index (χ4v) is 2.87. The Morgan fingerprint density at radius 3 is 2.67 bits per heavy atom. The van der Waals surface area contributed by atoms with Crippen molar-refractivity contribution in [2.45, 2.75) is 6.42 Å². The van der Waals surface area contributed by atoms with Crippen LogP contribution in [-0.4, -0.2) is 23.3 Å². The number of esters is 1. The van der Waals surface area contributed by atoms with E-state index in [1.165, 1.54) is 0 Å². The highest BCUT2D eigenvalue weighted by atomic mass is 35.5. The number of hydrogen-bond donors (Lipinski definition) is 1. The second-order valence-corrected chi connectivity index (χ2v) is 6.09. The second kappa shape index (κ2) is 7.07. The number of fused-ring (bicyclic) bond motifs is 1. The molecule has 0 bridgehead atoms. The van der Waals surface area contributed by atoms with Gasteiger partial charge in [-0.05, 0) is 23.8 Å². The smallest absolute Gasteiger partial charge is 0.310 e. The molecule has 0 aliphatic rings. The predicted molar refractivity (Wildman–Crippen MR) is 93.8 cm³/mol. The maximum atomic E-state index is 12.2. The van der Waals surface area contributed by atoms with Gasteiger partial charge in [0.05, 0.1) is 6.42 Å². The van der Waals surface area contributed by atoms with Crippen molar-refractivity contribution in [1.29, 1.82) is 0 Å². The van der Waals surface area contributed by atoms with Crippen LogP contribution in [0.5, 0.6) is 0 Å². The number of para-hydroxylation sites is 1. The number of hydrogen-bond acceptors (Lipinski definition) is 3. The first kappa shape index (κ1) is 16.6. The number of halogens is 2. The number of ether oxygens (including phenoxy) is 1. The van der Waals surface area contributed by atoms with E-state index in [0.717, 1.165) is 10.9 Å². The van der Waals surface area contributed by atoms with Crippen LogP contribution in [-0.2, 0) is 16.0 Å². The molecule has 0 radical (unpaired) electrons. The Morgan fingerprint density at radius 1 is 1.08 bits per heavy atom. The summed E-state index contributed by atoms with van der Waals surface area (Å²) in [5.41, 5.74) is 1.97. The molecule has 0 aliphatic heterocycles. The first-order chi connectivity index (χ1) is 11.5. The Bertz CT molecular complexity index is 918. The molecule has 0 fully saturated rings. The van der Waals surface area contributed by atoms with E-state index in [-0.39, 0.29) is 18.8 Å². The molecule has 1 N–H and O–H groups in total.